The molecule has 0 aromatic heterocycles. The van der Waals surface area contributed by atoms with E-state index in [2.05, 4.69) is 26.6 Å². The molecule has 5 nitrogen and oxygen atoms in total. The van der Waals surface area contributed by atoms with Crippen LogP contribution in [0.25, 0.3) is 0 Å². The van der Waals surface area contributed by atoms with Gasteiger partial charge in [-0.1, -0.05) is 15.9 Å². The van der Waals surface area contributed by atoms with Gasteiger partial charge in [-0.05, 0) is 51.5 Å². The van der Waals surface area contributed by atoms with E-state index >= 15 is 0 Å². The Morgan fingerprint density at radius 1 is 1.23 bits per heavy atom. The molecule has 0 saturated carbocycles. The van der Waals surface area contributed by atoms with E-state index in [0.717, 1.165) is 27.2 Å². The average Bonchev–Trinajstić information content (AvgIpc) is 2.40. The first kappa shape index (κ1) is 18.6. The van der Waals surface area contributed by atoms with Crippen LogP contribution in [-0.2, 0) is 9.59 Å². The molecule has 1 aromatic rings. The maximum atomic E-state index is 12.1. The molecule has 1 rings (SSSR count). The molecule has 0 fully saturated rings. The molecule has 3 N–H and O–H groups in total. The van der Waals surface area contributed by atoms with Gasteiger partial charge in [0.05, 0.1) is 6.54 Å². The SMILES string of the molecule is CC[NH+](CC(=O)Nc1ccc(Br)cc1C)CC(=O)NC(C)C. The lowest BCUT2D eigenvalue weighted by atomic mass is 10.2. The van der Waals surface area contributed by atoms with Gasteiger partial charge in [-0.25, -0.2) is 0 Å². The highest BCUT2D eigenvalue weighted by atomic mass is 79.9. The Kier molecular flexibility index (Phi) is 7.55. The molecule has 0 saturated heterocycles. The Morgan fingerprint density at radius 3 is 2.41 bits per heavy atom. The molecule has 1 aromatic carbocycles. The Morgan fingerprint density at radius 2 is 1.86 bits per heavy atom. The molecule has 0 spiro atoms. The van der Waals surface area contributed by atoms with E-state index in [0.29, 0.717) is 6.54 Å². The number of anilines is 1. The molecule has 1 atom stereocenters. The van der Waals surface area contributed by atoms with E-state index in [-0.39, 0.29) is 24.4 Å². The Labute approximate surface area is 140 Å². The topological polar surface area (TPSA) is 62.6 Å². The maximum absolute atomic E-state index is 12.1. The molecule has 6 heteroatoms. The minimum absolute atomic E-state index is 0.0283. The van der Waals surface area contributed by atoms with Crippen molar-refractivity contribution < 1.29 is 14.5 Å². The molecule has 22 heavy (non-hydrogen) atoms. The van der Waals surface area contributed by atoms with Gasteiger partial charge in [0, 0.05) is 16.2 Å². The van der Waals surface area contributed by atoms with Crippen molar-refractivity contribution in [2.45, 2.75) is 33.7 Å². The van der Waals surface area contributed by atoms with Gasteiger partial charge in [-0.3, -0.25) is 9.59 Å². The summed E-state index contributed by atoms with van der Waals surface area (Å²) in [5.41, 5.74) is 1.80. The van der Waals surface area contributed by atoms with Crippen LogP contribution in [0.4, 0.5) is 5.69 Å². The number of rotatable bonds is 7. The third-order valence-electron chi connectivity index (χ3n) is 3.23. The third kappa shape index (κ3) is 6.58. The second-order valence-corrected chi connectivity index (χ2v) is 6.60. The quantitative estimate of drug-likeness (QED) is 0.673. The molecule has 0 radical (unpaired) electrons. The highest BCUT2D eigenvalue weighted by Crippen LogP contribution is 2.19. The predicted octanol–water partition coefficient (Wildman–Crippen LogP) is 1.13. The fraction of sp³-hybridized carbons (Fsp3) is 0.500. The summed E-state index contributed by atoms with van der Waals surface area (Å²) in [7, 11) is 0. The number of carbonyl (C=O) groups is 2. The van der Waals surface area contributed by atoms with E-state index in [1.54, 1.807) is 0 Å². The fourth-order valence-corrected chi connectivity index (χ4v) is 2.58. The first-order valence-electron chi connectivity index (χ1n) is 7.50. The zero-order valence-electron chi connectivity index (χ0n) is 13.6. The van der Waals surface area contributed by atoms with Gasteiger partial charge in [0.2, 0.25) is 0 Å². The number of aryl methyl sites for hydroxylation is 1. The summed E-state index contributed by atoms with van der Waals surface area (Å²) in [6.45, 7) is 9.06. The summed E-state index contributed by atoms with van der Waals surface area (Å²) in [4.78, 5) is 24.9. The second kappa shape index (κ2) is 8.90. The minimum Gasteiger partial charge on any atom is -0.349 e. The molecule has 2 amide bonds. The van der Waals surface area contributed by atoms with Gasteiger partial charge in [0.15, 0.2) is 13.1 Å². The molecule has 0 aliphatic carbocycles. The van der Waals surface area contributed by atoms with Crippen LogP contribution in [0.15, 0.2) is 22.7 Å². The van der Waals surface area contributed by atoms with Crippen LogP contribution < -0.4 is 15.5 Å². The van der Waals surface area contributed by atoms with E-state index < -0.39 is 0 Å². The van der Waals surface area contributed by atoms with Gasteiger partial charge < -0.3 is 15.5 Å². The number of amides is 2. The summed E-state index contributed by atoms with van der Waals surface area (Å²) in [6, 6.07) is 5.83. The summed E-state index contributed by atoms with van der Waals surface area (Å²) >= 11 is 3.40. The maximum Gasteiger partial charge on any atom is 0.279 e. The van der Waals surface area contributed by atoms with Crippen molar-refractivity contribution in [2.24, 2.45) is 0 Å². The molecule has 122 valence electrons. The van der Waals surface area contributed by atoms with Crippen LogP contribution in [-0.4, -0.2) is 37.5 Å². The molecule has 0 aliphatic rings. The lowest BCUT2D eigenvalue weighted by molar-refractivity contribution is -0.881. The Bertz CT molecular complexity index is 532. The summed E-state index contributed by atoms with van der Waals surface area (Å²) in [6.07, 6.45) is 0. The molecule has 0 aliphatic heterocycles. The summed E-state index contributed by atoms with van der Waals surface area (Å²) in [5.74, 6) is -0.112. The highest BCUT2D eigenvalue weighted by Gasteiger charge is 2.17. The zero-order valence-corrected chi connectivity index (χ0v) is 15.2. The largest absolute Gasteiger partial charge is 0.349 e. The molecule has 0 heterocycles. The lowest BCUT2D eigenvalue weighted by Crippen LogP contribution is -3.14. The molecular formula is C16H25BrN3O2+. The van der Waals surface area contributed by atoms with Crippen molar-refractivity contribution in [2.75, 3.05) is 25.0 Å². The van der Waals surface area contributed by atoms with Crippen molar-refractivity contribution in [1.82, 2.24) is 5.32 Å². The van der Waals surface area contributed by atoms with Gasteiger partial charge in [0.1, 0.15) is 0 Å². The molecule has 1 unspecified atom stereocenters. The summed E-state index contributed by atoms with van der Waals surface area (Å²) < 4.78 is 0.981. The predicted molar refractivity (Wildman–Crippen MR) is 92.0 cm³/mol. The van der Waals surface area contributed by atoms with Gasteiger partial charge in [0.25, 0.3) is 11.8 Å². The van der Waals surface area contributed by atoms with Gasteiger partial charge in [-0.2, -0.15) is 0 Å². The molecular weight excluding hydrogens is 346 g/mol. The van der Waals surface area contributed by atoms with E-state index in [1.165, 1.54) is 0 Å². The van der Waals surface area contributed by atoms with Crippen LogP contribution >= 0.6 is 15.9 Å². The van der Waals surface area contributed by atoms with Crippen molar-refractivity contribution in [3.63, 3.8) is 0 Å². The standard InChI is InChI=1S/C16H24BrN3O2/c1-5-20(9-15(21)18-11(2)3)10-16(22)19-14-7-6-13(17)8-12(14)4/h6-8,11H,5,9-10H2,1-4H3,(H,18,21)(H,19,22)/p+1. The highest BCUT2D eigenvalue weighted by molar-refractivity contribution is 9.10. The Balaban J connectivity index is 2.56. The number of benzene rings is 1. The van der Waals surface area contributed by atoms with Gasteiger partial charge in [-0.15, -0.1) is 0 Å². The third-order valence-corrected chi connectivity index (χ3v) is 3.73. The lowest BCUT2D eigenvalue weighted by Gasteiger charge is -2.18. The summed E-state index contributed by atoms with van der Waals surface area (Å²) in [5, 5.41) is 5.75. The van der Waals surface area contributed by atoms with E-state index in [4.69, 9.17) is 0 Å². The first-order valence-corrected chi connectivity index (χ1v) is 8.30. The number of hydrogen-bond acceptors (Lipinski definition) is 2. The number of nitrogens with one attached hydrogen (secondary N) is 3. The zero-order chi connectivity index (χ0) is 16.7. The van der Waals surface area contributed by atoms with Crippen LogP contribution in [0.3, 0.4) is 0 Å². The number of quaternary nitrogens is 1. The van der Waals surface area contributed by atoms with E-state index in [9.17, 15) is 9.59 Å². The minimum atomic E-state index is -0.0837. The second-order valence-electron chi connectivity index (χ2n) is 5.69. The normalized spacial score (nSPS) is 12.1. The van der Waals surface area contributed by atoms with Crippen molar-refractivity contribution in [3.8, 4) is 0 Å². The smallest absolute Gasteiger partial charge is 0.279 e. The average molecular weight is 371 g/mol. The monoisotopic (exact) mass is 370 g/mol. The van der Waals surface area contributed by atoms with Crippen LogP contribution in [0.5, 0.6) is 0 Å². The van der Waals surface area contributed by atoms with Crippen LogP contribution in [0.2, 0.25) is 0 Å². The van der Waals surface area contributed by atoms with E-state index in [1.807, 2.05) is 45.9 Å². The first-order chi connectivity index (χ1) is 10.3. The van der Waals surface area contributed by atoms with Crippen molar-refractivity contribution in [1.29, 1.82) is 0 Å². The number of likely N-dealkylation sites (N-methyl/N-ethyl adjacent to an activating group) is 1. The number of hydrogen-bond donors (Lipinski definition) is 3. The number of halogens is 1. The van der Waals surface area contributed by atoms with Crippen molar-refractivity contribution >= 4 is 33.4 Å². The van der Waals surface area contributed by atoms with Crippen molar-refractivity contribution in [3.05, 3.63) is 28.2 Å². The van der Waals surface area contributed by atoms with Crippen LogP contribution in [0, 0.1) is 6.92 Å². The Hall–Kier alpha value is -1.40. The molecule has 0 bridgehead atoms. The number of carbonyl (C=O) groups excluding carboxylic acids is 2. The fourth-order valence-electron chi connectivity index (χ4n) is 2.10. The van der Waals surface area contributed by atoms with Gasteiger partial charge >= 0.3 is 0 Å². The van der Waals surface area contributed by atoms with Crippen LogP contribution in [0.1, 0.15) is 26.3 Å².